The number of nitrogens with one attached hydrogen (secondary N) is 2. The van der Waals surface area contributed by atoms with Gasteiger partial charge < -0.3 is 10.6 Å². The first-order chi connectivity index (χ1) is 10.0. The molecule has 0 aromatic heterocycles. The van der Waals surface area contributed by atoms with Crippen molar-refractivity contribution in [2.24, 2.45) is 11.8 Å². The van der Waals surface area contributed by atoms with Crippen LogP contribution in [0.2, 0.25) is 0 Å². The maximum Gasteiger partial charge on any atom is 0.251 e. The summed E-state index contributed by atoms with van der Waals surface area (Å²) in [6.07, 6.45) is 3.88. The van der Waals surface area contributed by atoms with Crippen LogP contribution in [0.3, 0.4) is 0 Å². The Balaban J connectivity index is 2.08. The van der Waals surface area contributed by atoms with Crippen LogP contribution in [0.5, 0.6) is 0 Å². The Hall–Kier alpha value is -1.51. The smallest absolute Gasteiger partial charge is 0.251 e. The molecule has 0 saturated heterocycles. The monoisotopic (exact) mass is 288 g/mol. The van der Waals surface area contributed by atoms with Crippen molar-refractivity contribution >= 4 is 11.6 Å². The Morgan fingerprint density at radius 3 is 2.71 bits per heavy atom. The van der Waals surface area contributed by atoms with E-state index in [1.807, 2.05) is 25.1 Å². The number of carbonyl (C=O) groups is 1. The molecule has 1 aliphatic carbocycles. The van der Waals surface area contributed by atoms with E-state index in [1.165, 1.54) is 19.3 Å². The Kier molecular flexibility index (Phi) is 5.27. The fourth-order valence-corrected chi connectivity index (χ4v) is 3.16. The second kappa shape index (κ2) is 6.97. The highest BCUT2D eigenvalue weighted by molar-refractivity contribution is 5.94. The Morgan fingerprint density at radius 2 is 2.05 bits per heavy atom. The number of carbonyl (C=O) groups excluding carboxylic acids is 1. The molecule has 3 unspecified atom stereocenters. The molecule has 0 aliphatic heterocycles. The van der Waals surface area contributed by atoms with Gasteiger partial charge >= 0.3 is 0 Å². The molecule has 1 saturated carbocycles. The SMILES string of the molecule is CCNC(=O)c1ccc(NC2CC(C)CCC2C)c(C)c1. The summed E-state index contributed by atoms with van der Waals surface area (Å²) in [5, 5.41) is 6.54. The van der Waals surface area contributed by atoms with Crippen LogP contribution in [0.1, 0.15) is 56.0 Å². The van der Waals surface area contributed by atoms with Crippen LogP contribution < -0.4 is 10.6 Å². The molecule has 1 fully saturated rings. The highest BCUT2D eigenvalue weighted by Crippen LogP contribution is 2.31. The maximum absolute atomic E-state index is 11.9. The summed E-state index contributed by atoms with van der Waals surface area (Å²) in [4.78, 5) is 11.9. The third-order valence-electron chi connectivity index (χ3n) is 4.62. The molecular formula is C18H28N2O. The molecule has 21 heavy (non-hydrogen) atoms. The van der Waals surface area contributed by atoms with Crippen molar-refractivity contribution in [3.8, 4) is 0 Å². The van der Waals surface area contributed by atoms with Crippen LogP contribution in [0.25, 0.3) is 0 Å². The van der Waals surface area contributed by atoms with Gasteiger partial charge in [0.25, 0.3) is 5.91 Å². The number of benzene rings is 1. The molecule has 0 bridgehead atoms. The summed E-state index contributed by atoms with van der Waals surface area (Å²) in [6.45, 7) is 9.34. The lowest BCUT2D eigenvalue weighted by atomic mass is 9.80. The van der Waals surface area contributed by atoms with Gasteiger partial charge in [-0.15, -0.1) is 0 Å². The van der Waals surface area contributed by atoms with E-state index in [4.69, 9.17) is 0 Å². The van der Waals surface area contributed by atoms with Crippen molar-refractivity contribution in [3.63, 3.8) is 0 Å². The fourth-order valence-electron chi connectivity index (χ4n) is 3.16. The van der Waals surface area contributed by atoms with Gasteiger partial charge in [-0.3, -0.25) is 4.79 Å². The van der Waals surface area contributed by atoms with Gasteiger partial charge in [-0.05, 0) is 62.3 Å². The zero-order valence-electron chi connectivity index (χ0n) is 13.7. The first-order valence-electron chi connectivity index (χ1n) is 8.16. The van der Waals surface area contributed by atoms with Crippen molar-refractivity contribution in [2.75, 3.05) is 11.9 Å². The molecule has 1 aromatic carbocycles. The normalized spacial score (nSPS) is 25.4. The third kappa shape index (κ3) is 3.99. The highest BCUT2D eigenvalue weighted by atomic mass is 16.1. The summed E-state index contributed by atoms with van der Waals surface area (Å²) in [5.74, 6) is 1.52. The minimum Gasteiger partial charge on any atom is -0.382 e. The van der Waals surface area contributed by atoms with Crippen LogP contribution in [0.4, 0.5) is 5.69 Å². The van der Waals surface area contributed by atoms with Crippen LogP contribution in [0.15, 0.2) is 18.2 Å². The van der Waals surface area contributed by atoms with E-state index in [9.17, 15) is 4.79 Å². The van der Waals surface area contributed by atoms with E-state index < -0.39 is 0 Å². The lowest BCUT2D eigenvalue weighted by Crippen LogP contribution is -2.33. The molecule has 0 heterocycles. The third-order valence-corrected chi connectivity index (χ3v) is 4.62. The van der Waals surface area contributed by atoms with Gasteiger partial charge in [-0.1, -0.05) is 20.3 Å². The Bertz CT molecular complexity index is 498. The highest BCUT2D eigenvalue weighted by Gasteiger charge is 2.25. The molecule has 116 valence electrons. The van der Waals surface area contributed by atoms with E-state index in [1.54, 1.807) is 0 Å². The lowest BCUT2D eigenvalue weighted by molar-refractivity contribution is 0.0956. The lowest BCUT2D eigenvalue weighted by Gasteiger charge is -2.34. The number of aryl methyl sites for hydroxylation is 1. The van der Waals surface area contributed by atoms with E-state index in [-0.39, 0.29) is 5.91 Å². The molecule has 3 atom stereocenters. The number of hydrogen-bond acceptors (Lipinski definition) is 2. The first-order valence-corrected chi connectivity index (χ1v) is 8.16. The summed E-state index contributed by atoms with van der Waals surface area (Å²) >= 11 is 0. The molecule has 1 aliphatic rings. The molecular weight excluding hydrogens is 260 g/mol. The van der Waals surface area contributed by atoms with Crippen molar-refractivity contribution < 1.29 is 4.79 Å². The Morgan fingerprint density at radius 1 is 1.29 bits per heavy atom. The van der Waals surface area contributed by atoms with Crippen molar-refractivity contribution in [3.05, 3.63) is 29.3 Å². The maximum atomic E-state index is 11.9. The minimum atomic E-state index is 0.00630. The van der Waals surface area contributed by atoms with E-state index >= 15 is 0 Å². The zero-order valence-corrected chi connectivity index (χ0v) is 13.7. The molecule has 2 rings (SSSR count). The minimum absolute atomic E-state index is 0.00630. The average Bonchev–Trinajstić information content (AvgIpc) is 2.45. The summed E-state index contributed by atoms with van der Waals surface area (Å²) in [6, 6.07) is 6.48. The summed E-state index contributed by atoms with van der Waals surface area (Å²) in [7, 11) is 0. The quantitative estimate of drug-likeness (QED) is 0.880. The summed E-state index contributed by atoms with van der Waals surface area (Å²) < 4.78 is 0. The zero-order chi connectivity index (χ0) is 15.4. The number of amides is 1. The van der Waals surface area contributed by atoms with Gasteiger partial charge in [0.05, 0.1) is 0 Å². The average molecular weight is 288 g/mol. The van der Waals surface area contributed by atoms with E-state index in [0.717, 1.165) is 22.7 Å². The largest absolute Gasteiger partial charge is 0.382 e. The molecule has 3 heteroatoms. The van der Waals surface area contributed by atoms with Crippen LogP contribution >= 0.6 is 0 Å². The second-order valence-electron chi connectivity index (χ2n) is 6.54. The van der Waals surface area contributed by atoms with Gasteiger partial charge in [-0.2, -0.15) is 0 Å². The number of rotatable bonds is 4. The number of hydrogen-bond donors (Lipinski definition) is 2. The number of anilines is 1. The van der Waals surface area contributed by atoms with Crippen LogP contribution in [-0.2, 0) is 0 Å². The van der Waals surface area contributed by atoms with Crippen molar-refractivity contribution in [1.82, 2.24) is 5.32 Å². The second-order valence-corrected chi connectivity index (χ2v) is 6.54. The topological polar surface area (TPSA) is 41.1 Å². The molecule has 2 N–H and O–H groups in total. The van der Waals surface area contributed by atoms with Gasteiger partial charge in [0.2, 0.25) is 0 Å². The predicted octanol–water partition coefficient (Wildman–Crippen LogP) is 3.98. The molecule has 0 spiro atoms. The predicted molar refractivity (Wildman–Crippen MR) is 88.8 cm³/mol. The summed E-state index contributed by atoms with van der Waals surface area (Å²) in [5.41, 5.74) is 3.04. The first kappa shape index (κ1) is 15.9. The molecule has 3 nitrogen and oxygen atoms in total. The van der Waals surface area contributed by atoms with E-state index in [0.29, 0.717) is 18.5 Å². The fraction of sp³-hybridized carbons (Fsp3) is 0.611. The molecule has 1 aromatic rings. The van der Waals surface area contributed by atoms with Gasteiger partial charge in [0, 0.05) is 23.8 Å². The van der Waals surface area contributed by atoms with Gasteiger partial charge in [0.1, 0.15) is 0 Å². The van der Waals surface area contributed by atoms with E-state index in [2.05, 4.69) is 31.4 Å². The Labute approximate surface area is 128 Å². The molecule has 1 amide bonds. The van der Waals surface area contributed by atoms with Gasteiger partial charge in [-0.25, -0.2) is 0 Å². The van der Waals surface area contributed by atoms with Crippen molar-refractivity contribution in [2.45, 2.75) is 53.0 Å². The van der Waals surface area contributed by atoms with Crippen molar-refractivity contribution in [1.29, 1.82) is 0 Å². The van der Waals surface area contributed by atoms with Gasteiger partial charge in [0.15, 0.2) is 0 Å². The van der Waals surface area contributed by atoms with Crippen LogP contribution in [-0.4, -0.2) is 18.5 Å². The van der Waals surface area contributed by atoms with Crippen LogP contribution in [0, 0.1) is 18.8 Å². The molecule has 0 radical (unpaired) electrons. The standard InChI is InChI=1S/C18H28N2O/c1-5-19-18(21)15-8-9-16(14(4)11-15)20-17-10-12(2)6-7-13(17)3/h8-9,11-13,17,20H,5-7,10H2,1-4H3,(H,19,21).